The van der Waals surface area contributed by atoms with Crippen LogP contribution in [0.4, 0.5) is 0 Å². The van der Waals surface area contributed by atoms with Crippen molar-refractivity contribution in [2.45, 2.75) is 58.9 Å². The molecule has 0 fully saturated rings. The highest BCUT2D eigenvalue weighted by Crippen LogP contribution is 2.20. The lowest BCUT2D eigenvalue weighted by molar-refractivity contribution is 0.141. The third-order valence-corrected chi connectivity index (χ3v) is 3.55. The molecule has 0 aromatic heterocycles. The number of hydrogen-bond acceptors (Lipinski definition) is 2. The second-order valence-electron chi connectivity index (χ2n) is 5.34. The molecule has 0 spiro atoms. The maximum atomic E-state index is 5.45. The molecule has 1 N–H and O–H groups in total. The highest BCUT2D eigenvalue weighted by Gasteiger charge is 2.10. The van der Waals surface area contributed by atoms with Gasteiger partial charge in [-0.25, -0.2) is 0 Å². The minimum absolute atomic E-state index is 0.464. The van der Waals surface area contributed by atoms with Crippen LogP contribution in [0.25, 0.3) is 0 Å². The molecule has 2 heteroatoms. The van der Waals surface area contributed by atoms with Crippen molar-refractivity contribution in [1.29, 1.82) is 0 Å². The summed E-state index contributed by atoms with van der Waals surface area (Å²) in [5.41, 5.74) is 2.86. The fraction of sp³-hybridized carbons (Fsp3) is 0.667. The van der Waals surface area contributed by atoms with Gasteiger partial charge in [-0.2, -0.15) is 0 Å². The number of aryl methyl sites for hydroxylation is 1. The summed E-state index contributed by atoms with van der Waals surface area (Å²) in [5.74, 6) is 0. The van der Waals surface area contributed by atoms with Crippen LogP contribution in [-0.4, -0.2) is 19.8 Å². The van der Waals surface area contributed by atoms with E-state index in [0.29, 0.717) is 6.04 Å². The first-order valence-electron chi connectivity index (χ1n) is 8.21. The summed E-state index contributed by atoms with van der Waals surface area (Å²) < 4.78 is 5.45. The molecule has 0 heterocycles. The molecule has 0 radical (unpaired) electrons. The van der Waals surface area contributed by atoms with Gasteiger partial charge in [0.25, 0.3) is 0 Å². The van der Waals surface area contributed by atoms with Gasteiger partial charge in [0.2, 0.25) is 0 Å². The second kappa shape index (κ2) is 10.9. The molecule has 1 aromatic carbocycles. The fourth-order valence-electron chi connectivity index (χ4n) is 2.44. The molecule has 0 amide bonds. The number of hydrogen-bond donors (Lipinski definition) is 1. The van der Waals surface area contributed by atoms with Gasteiger partial charge in [-0.05, 0) is 50.3 Å². The molecule has 2 nitrogen and oxygen atoms in total. The van der Waals surface area contributed by atoms with E-state index in [2.05, 4.69) is 50.4 Å². The van der Waals surface area contributed by atoms with Crippen LogP contribution in [0.15, 0.2) is 24.3 Å². The molecule has 114 valence electrons. The zero-order valence-electron chi connectivity index (χ0n) is 13.5. The van der Waals surface area contributed by atoms with E-state index < -0.39 is 0 Å². The van der Waals surface area contributed by atoms with Crippen molar-refractivity contribution in [3.05, 3.63) is 35.4 Å². The first kappa shape index (κ1) is 17.2. The summed E-state index contributed by atoms with van der Waals surface area (Å²) in [6.45, 7) is 9.27. The highest BCUT2D eigenvalue weighted by molar-refractivity contribution is 5.25. The van der Waals surface area contributed by atoms with Crippen LogP contribution in [0.5, 0.6) is 0 Å². The first-order valence-corrected chi connectivity index (χ1v) is 8.21. The molecule has 20 heavy (non-hydrogen) atoms. The Morgan fingerprint density at radius 2 is 1.80 bits per heavy atom. The van der Waals surface area contributed by atoms with E-state index in [1.807, 2.05) is 0 Å². The summed E-state index contributed by atoms with van der Waals surface area (Å²) in [4.78, 5) is 0. The smallest absolute Gasteiger partial charge is 0.0466 e. The van der Waals surface area contributed by atoms with Gasteiger partial charge < -0.3 is 10.1 Å². The lowest BCUT2D eigenvalue weighted by atomic mass is 9.99. The Balaban J connectivity index is 2.56. The predicted octanol–water partition coefficient (Wildman–Crippen LogP) is 4.50. The molecule has 1 aromatic rings. The summed E-state index contributed by atoms with van der Waals surface area (Å²) >= 11 is 0. The Morgan fingerprint density at radius 1 is 1.05 bits per heavy atom. The van der Waals surface area contributed by atoms with E-state index in [-0.39, 0.29) is 0 Å². The van der Waals surface area contributed by atoms with Gasteiger partial charge in [0, 0.05) is 19.3 Å². The van der Waals surface area contributed by atoms with Crippen molar-refractivity contribution in [3.8, 4) is 0 Å². The Morgan fingerprint density at radius 3 is 2.40 bits per heavy atom. The fourth-order valence-corrected chi connectivity index (χ4v) is 2.44. The van der Waals surface area contributed by atoms with Crippen LogP contribution in [0.1, 0.15) is 63.6 Å². The van der Waals surface area contributed by atoms with Crippen molar-refractivity contribution >= 4 is 0 Å². The zero-order chi connectivity index (χ0) is 14.6. The van der Waals surface area contributed by atoms with Gasteiger partial charge in [0.1, 0.15) is 0 Å². The van der Waals surface area contributed by atoms with E-state index in [1.54, 1.807) is 0 Å². The standard InChI is InChI=1S/C18H31NO/c1-4-8-16-10-12-17(13-11-16)18(19-14-5-2)9-7-15-20-6-3/h10-13,18-19H,4-9,14-15H2,1-3H3. The third-order valence-electron chi connectivity index (χ3n) is 3.55. The van der Waals surface area contributed by atoms with Gasteiger partial charge in [-0.15, -0.1) is 0 Å². The van der Waals surface area contributed by atoms with E-state index in [0.717, 1.165) is 32.6 Å². The Kier molecular flexibility index (Phi) is 9.35. The SMILES string of the molecule is CCCNC(CCCOCC)c1ccc(CCC)cc1. The molecular formula is C18H31NO. The molecule has 1 rings (SSSR count). The van der Waals surface area contributed by atoms with Crippen LogP contribution >= 0.6 is 0 Å². The van der Waals surface area contributed by atoms with Crippen molar-refractivity contribution in [3.63, 3.8) is 0 Å². The van der Waals surface area contributed by atoms with Gasteiger partial charge >= 0.3 is 0 Å². The van der Waals surface area contributed by atoms with Gasteiger partial charge in [0.05, 0.1) is 0 Å². The molecule has 0 saturated carbocycles. The topological polar surface area (TPSA) is 21.3 Å². The monoisotopic (exact) mass is 277 g/mol. The lowest BCUT2D eigenvalue weighted by Crippen LogP contribution is -2.22. The maximum Gasteiger partial charge on any atom is 0.0466 e. The van der Waals surface area contributed by atoms with Crippen LogP contribution in [-0.2, 0) is 11.2 Å². The van der Waals surface area contributed by atoms with Crippen molar-refractivity contribution < 1.29 is 4.74 Å². The Bertz CT molecular complexity index is 334. The van der Waals surface area contributed by atoms with Crippen molar-refractivity contribution in [1.82, 2.24) is 5.32 Å². The summed E-state index contributed by atoms with van der Waals surface area (Å²) in [5, 5.41) is 3.66. The number of nitrogens with one attached hydrogen (secondary N) is 1. The highest BCUT2D eigenvalue weighted by atomic mass is 16.5. The first-order chi connectivity index (χ1) is 9.81. The van der Waals surface area contributed by atoms with Gasteiger partial charge in [-0.3, -0.25) is 0 Å². The predicted molar refractivity (Wildman–Crippen MR) is 87.2 cm³/mol. The largest absolute Gasteiger partial charge is 0.382 e. The summed E-state index contributed by atoms with van der Waals surface area (Å²) in [6.07, 6.45) is 5.83. The number of benzene rings is 1. The minimum atomic E-state index is 0.464. The van der Waals surface area contributed by atoms with Gasteiger partial charge in [0.15, 0.2) is 0 Å². The zero-order valence-corrected chi connectivity index (χ0v) is 13.5. The van der Waals surface area contributed by atoms with Crippen LogP contribution in [0.3, 0.4) is 0 Å². The van der Waals surface area contributed by atoms with E-state index in [4.69, 9.17) is 4.74 Å². The quantitative estimate of drug-likeness (QED) is 0.601. The third kappa shape index (κ3) is 6.53. The number of ether oxygens (including phenoxy) is 1. The second-order valence-corrected chi connectivity index (χ2v) is 5.34. The molecule has 0 aliphatic carbocycles. The summed E-state index contributed by atoms with van der Waals surface area (Å²) in [6, 6.07) is 9.60. The average Bonchev–Trinajstić information content (AvgIpc) is 2.48. The normalized spacial score (nSPS) is 12.6. The van der Waals surface area contributed by atoms with Crippen molar-refractivity contribution in [2.24, 2.45) is 0 Å². The van der Waals surface area contributed by atoms with Crippen LogP contribution in [0, 0.1) is 0 Å². The molecule has 0 aliphatic heterocycles. The molecule has 0 saturated heterocycles. The van der Waals surface area contributed by atoms with E-state index >= 15 is 0 Å². The molecule has 0 aliphatic rings. The van der Waals surface area contributed by atoms with Crippen molar-refractivity contribution in [2.75, 3.05) is 19.8 Å². The lowest BCUT2D eigenvalue weighted by Gasteiger charge is -2.19. The number of rotatable bonds is 11. The van der Waals surface area contributed by atoms with Gasteiger partial charge in [-0.1, -0.05) is 44.5 Å². The van der Waals surface area contributed by atoms with E-state index in [9.17, 15) is 0 Å². The molecular weight excluding hydrogens is 246 g/mol. The minimum Gasteiger partial charge on any atom is -0.382 e. The average molecular weight is 277 g/mol. The molecule has 1 unspecified atom stereocenters. The molecule has 0 bridgehead atoms. The van der Waals surface area contributed by atoms with Crippen LogP contribution < -0.4 is 5.32 Å². The van der Waals surface area contributed by atoms with E-state index in [1.165, 1.54) is 30.4 Å². The Labute approximate surface area is 124 Å². The maximum absolute atomic E-state index is 5.45. The summed E-state index contributed by atoms with van der Waals surface area (Å²) in [7, 11) is 0. The molecule has 1 atom stereocenters. The van der Waals surface area contributed by atoms with Crippen LogP contribution in [0.2, 0.25) is 0 Å². The Hall–Kier alpha value is -0.860.